The van der Waals surface area contributed by atoms with E-state index in [0.29, 0.717) is 16.2 Å². The molecular formula is C16H14N4O4S. The molecule has 1 aromatic heterocycles. The Morgan fingerprint density at radius 3 is 2.44 bits per heavy atom. The summed E-state index contributed by atoms with van der Waals surface area (Å²) in [5.74, 6) is -1.08. The number of carbonyl (C=O) groups excluding carboxylic acids is 3. The Balaban J connectivity index is 1.64. The molecule has 1 aromatic carbocycles. The number of benzene rings is 1. The van der Waals surface area contributed by atoms with Crippen LogP contribution in [0.3, 0.4) is 0 Å². The van der Waals surface area contributed by atoms with E-state index in [-0.39, 0.29) is 19.1 Å². The Bertz CT molecular complexity index is 781. The van der Waals surface area contributed by atoms with Crippen LogP contribution in [0.25, 0.3) is 0 Å². The average molecular weight is 358 g/mol. The van der Waals surface area contributed by atoms with Crippen molar-refractivity contribution in [2.24, 2.45) is 0 Å². The molecule has 1 heterocycles. The van der Waals surface area contributed by atoms with E-state index >= 15 is 0 Å². The molecule has 2 rings (SSSR count). The van der Waals surface area contributed by atoms with E-state index in [1.165, 1.54) is 11.3 Å². The molecule has 25 heavy (non-hydrogen) atoms. The van der Waals surface area contributed by atoms with Gasteiger partial charge in [0.25, 0.3) is 17.7 Å². The summed E-state index contributed by atoms with van der Waals surface area (Å²) in [7, 11) is 0. The highest BCUT2D eigenvalue weighted by molar-refractivity contribution is 7.12. The van der Waals surface area contributed by atoms with E-state index < -0.39 is 11.8 Å². The van der Waals surface area contributed by atoms with Gasteiger partial charge in [-0.3, -0.25) is 25.2 Å². The van der Waals surface area contributed by atoms with Gasteiger partial charge in [0.05, 0.1) is 23.1 Å². The van der Waals surface area contributed by atoms with Crippen molar-refractivity contribution in [3.63, 3.8) is 0 Å². The first-order valence-corrected chi connectivity index (χ1v) is 7.99. The molecule has 0 aliphatic heterocycles. The molecule has 0 atom stereocenters. The largest absolute Gasteiger partial charge is 0.484 e. The third kappa shape index (κ3) is 5.96. The van der Waals surface area contributed by atoms with Gasteiger partial charge in [0.2, 0.25) is 0 Å². The van der Waals surface area contributed by atoms with Crippen molar-refractivity contribution in [3.05, 3.63) is 52.2 Å². The molecular weight excluding hydrogens is 344 g/mol. The van der Waals surface area contributed by atoms with Crippen LogP contribution >= 0.6 is 11.3 Å². The molecule has 9 heteroatoms. The van der Waals surface area contributed by atoms with Crippen LogP contribution in [0.4, 0.5) is 0 Å². The van der Waals surface area contributed by atoms with E-state index in [1.54, 1.807) is 41.8 Å². The molecule has 0 saturated heterocycles. The maximum Gasteiger partial charge on any atom is 0.276 e. The summed E-state index contributed by atoms with van der Waals surface area (Å²) in [5, 5.41) is 12.9. The zero-order valence-corrected chi connectivity index (χ0v) is 13.8. The van der Waals surface area contributed by atoms with Crippen molar-refractivity contribution in [2.75, 3.05) is 13.2 Å². The number of ether oxygens (including phenoxy) is 1. The Morgan fingerprint density at radius 1 is 1.08 bits per heavy atom. The van der Waals surface area contributed by atoms with Crippen LogP contribution in [0.5, 0.6) is 5.75 Å². The summed E-state index contributed by atoms with van der Waals surface area (Å²) >= 11 is 1.26. The number of nitrogens with one attached hydrogen (secondary N) is 3. The van der Waals surface area contributed by atoms with E-state index in [9.17, 15) is 14.4 Å². The van der Waals surface area contributed by atoms with Crippen molar-refractivity contribution >= 4 is 29.1 Å². The summed E-state index contributed by atoms with van der Waals surface area (Å²) in [6.45, 7) is -0.582. The highest BCUT2D eigenvalue weighted by atomic mass is 32.1. The van der Waals surface area contributed by atoms with Gasteiger partial charge < -0.3 is 10.1 Å². The summed E-state index contributed by atoms with van der Waals surface area (Å²) in [6.07, 6.45) is 0. The minimum absolute atomic E-state index is 0.270. The van der Waals surface area contributed by atoms with E-state index in [2.05, 4.69) is 16.2 Å². The van der Waals surface area contributed by atoms with Gasteiger partial charge in [-0.15, -0.1) is 11.3 Å². The first-order chi connectivity index (χ1) is 12.1. The number of carbonyl (C=O) groups is 3. The standard InChI is InChI=1S/C16H14N4O4S/c17-8-11-3-5-12(6-4-11)24-10-15(22)20-19-14(21)9-18-16(23)13-2-1-7-25-13/h1-7H,9-10H2,(H,18,23)(H,19,21)(H,20,22). The number of hydrogen-bond donors (Lipinski definition) is 3. The Morgan fingerprint density at radius 2 is 1.80 bits per heavy atom. The van der Waals surface area contributed by atoms with Crippen LogP contribution in [-0.4, -0.2) is 30.9 Å². The zero-order chi connectivity index (χ0) is 18.1. The van der Waals surface area contributed by atoms with E-state index in [0.717, 1.165) is 0 Å². The smallest absolute Gasteiger partial charge is 0.276 e. The average Bonchev–Trinajstić information content (AvgIpc) is 3.18. The molecule has 0 unspecified atom stereocenters. The monoisotopic (exact) mass is 358 g/mol. The lowest BCUT2D eigenvalue weighted by Gasteiger charge is -2.09. The highest BCUT2D eigenvalue weighted by Gasteiger charge is 2.09. The molecule has 0 fully saturated rings. The minimum atomic E-state index is -0.573. The summed E-state index contributed by atoms with van der Waals surface area (Å²) in [5.41, 5.74) is 4.81. The van der Waals surface area contributed by atoms with Gasteiger partial charge >= 0.3 is 0 Å². The second-order valence-corrected chi connectivity index (χ2v) is 5.63. The number of nitriles is 1. The molecule has 0 aliphatic rings. The molecule has 0 saturated carbocycles. The molecule has 0 spiro atoms. The second kappa shape index (κ2) is 9.05. The summed E-state index contributed by atoms with van der Waals surface area (Å²) < 4.78 is 5.21. The van der Waals surface area contributed by atoms with Gasteiger partial charge in [0, 0.05) is 0 Å². The third-order valence-corrected chi connectivity index (χ3v) is 3.72. The number of thiophene rings is 1. The summed E-state index contributed by atoms with van der Waals surface area (Å²) in [4.78, 5) is 35.3. The maximum atomic E-state index is 11.6. The van der Waals surface area contributed by atoms with Crippen molar-refractivity contribution in [3.8, 4) is 11.8 Å². The lowest BCUT2D eigenvalue weighted by Crippen LogP contribution is -2.47. The van der Waals surface area contributed by atoms with Crippen LogP contribution < -0.4 is 20.9 Å². The third-order valence-electron chi connectivity index (χ3n) is 2.85. The van der Waals surface area contributed by atoms with Crippen molar-refractivity contribution < 1.29 is 19.1 Å². The van der Waals surface area contributed by atoms with Gasteiger partial charge in [-0.1, -0.05) is 6.07 Å². The second-order valence-electron chi connectivity index (χ2n) is 4.68. The fourth-order valence-corrected chi connectivity index (χ4v) is 2.29. The van der Waals surface area contributed by atoms with Crippen molar-refractivity contribution in [1.82, 2.24) is 16.2 Å². The van der Waals surface area contributed by atoms with Gasteiger partial charge in [0.15, 0.2) is 6.61 Å². The number of rotatable bonds is 6. The van der Waals surface area contributed by atoms with E-state index in [4.69, 9.17) is 10.00 Å². The predicted octanol–water partition coefficient (Wildman–Crippen LogP) is 0.576. The summed E-state index contributed by atoms with van der Waals surface area (Å²) in [6, 6.07) is 11.6. The molecule has 128 valence electrons. The topological polar surface area (TPSA) is 120 Å². The Kier molecular flexibility index (Phi) is 6.50. The predicted molar refractivity (Wildman–Crippen MR) is 89.6 cm³/mol. The molecule has 2 aromatic rings. The van der Waals surface area contributed by atoms with Crippen molar-refractivity contribution in [2.45, 2.75) is 0 Å². The Labute approximate surface area is 147 Å². The lowest BCUT2D eigenvalue weighted by molar-refractivity contribution is -0.129. The van der Waals surface area contributed by atoms with Gasteiger partial charge in [-0.2, -0.15) is 5.26 Å². The molecule has 0 radical (unpaired) electrons. The van der Waals surface area contributed by atoms with Gasteiger partial charge in [-0.05, 0) is 35.7 Å². The van der Waals surface area contributed by atoms with Crippen LogP contribution in [0.2, 0.25) is 0 Å². The van der Waals surface area contributed by atoms with E-state index in [1.807, 2.05) is 6.07 Å². The fourth-order valence-electron chi connectivity index (χ4n) is 1.65. The number of nitrogens with zero attached hydrogens (tertiary/aromatic N) is 1. The molecule has 3 N–H and O–H groups in total. The van der Waals surface area contributed by atoms with Crippen LogP contribution in [-0.2, 0) is 9.59 Å². The first-order valence-electron chi connectivity index (χ1n) is 7.11. The van der Waals surface area contributed by atoms with Crippen LogP contribution in [0.15, 0.2) is 41.8 Å². The molecule has 3 amide bonds. The molecule has 0 aliphatic carbocycles. The van der Waals surface area contributed by atoms with Gasteiger partial charge in [0.1, 0.15) is 5.75 Å². The van der Waals surface area contributed by atoms with Crippen LogP contribution in [0.1, 0.15) is 15.2 Å². The van der Waals surface area contributed by atoms with Crippen LogP contribution in [0, 0.1) is 11.3 Å². The molecule has 8 nitrogen and oxygen atoms in total. The molecule has 0 bridgehead atoms. The Hall–Kier alpha value is -3.38. The maximum absolute atomic E-state index is 11.6. The first kappa shape index (κ1) is 18.0. The lowest BCUT2D eigenvalue weighted by atomic mass is 10.2. The minimum Gasteiger partial charge on any atom is -0.484 e. The SMILES string of the molecule is N#Cc1ccc(OCC(=O)NNC(=O)CNC(=O)c2cccs2)cc1. The fraction of sp³-hybridized carbons (Fsp3) is 0.125. The number of hydrogen-bond acceptors (Lipinski definition) is 6. The van der Waals surface area contributed by atoms with Crippen molar-refractivity contribution in [1.29, 1.82) is 5.26 Å². The normalized spacial score (nSPS) is 9.56. The van der Waals surface area contributed by atoms with Gasteiger partial charge in [-0.25, -0.2) is 0 Å². The quantitative estimate of drug-likeness (QED) is 0.652. The zero-order valence-electron chi connectivity index (χ0n) is 12.9. The highest BCUT2D eigenvalue weighted by Crippen LogP contribution is 2.11. The number of amides is 3. The number of hydrazine groups is 1.